The van der Waals surface area contributed by atoms with E-state index in [-0.39, 0.29) is 12.5 Å². The second-order valence-corrected chi connectivity index (χ2v) is 3.83. The Morgan fingerprint density at radius 3 is 3.07 bits per heavy atom. The zero-order valence-electron chi connectivity index (χ0n) is 8.78. The monoisotopic (exact) mass is 211 g/mol. The van der Waals surface area contributed by atoms with Crippen molar-refractivity contribution in [1.29, 1.82) is 5.26 Å². The molecule has 1 aliphatic rings. The SMILES string of the molecule is N#CCCNC(=O)CN1CCC(CO)C1. The number of nitriles is 1. The first-order valence-corrected chi connectivity index (χ1v) is 5.23. The lowest BCUT2D eigenvalue weighted by Crippen LogP contribution is -2.36. The van der Waals surface area contributed by atoms with Crippen LogP contribution in [0.25, 0.3) is 0 Å². The quantitative estimate of drug-likeness (QED) is 0.591. The summed E-state index contributed by atoms with van der Waals surface area (Å²) in [6.45, 7) is 2.67. The molecule has 0 aromatic rings. The van der Waals surface area contributed by atoms with Crippen molar-refractivity contribution in [3.05, 3.63) is 0 Å². The van der Waals surface area contributed by atoms with Crippen LogP contribution in [0.1, 0.15) is 12.8 Å². The molecule has 0 aromatic carbocycles. The maximum Gasteiger partial charge on any atom is 0.234 e. The summed E-state index contributed by atoms with van der Waals surface area (Å²) in [5.41, 5.74) is 0. The van der Waals surface area contributed by atoms with Gasteiger partial charge in [0.05, 0.1) is 19.0 Å². The van der Waals surface area contributed by atoms with Crippen LogP contribution in [-0.4, -0.2) is 48.7 Å². The van der Waals surface area contributed by atoms with Crippen LogP contribution in [0.3, 0.4) is 0 Å². The molecule has 1 aliphatic heterocycles. The Labute approximate surface area is 89.7 Å². The number of amides is 1. The van der Waals surface area contributed by atoms with E-state index in [1.54, 1.807) is 0 Å². The average molecular weight is 211 g/mol. The fourth-order valence-electron chi connectivity index (χ4n) is 1.72. The zero-order chi connectivity index (χ0) is 11.1. The predicted octanol–water partition coefficient (Wildman–Crippen LogP) is -0.670. The van der Waals surface area contributed by atoms with Gasteiger partial charge in [-0.1, -0.05) is 0 Å². The molecule has 1 rings (SSSR count). The van der Waals surface area contributed by atoms with E-state index in [9.17, 15) is 4.79 Å². The van der Waals surface area contributed by atoms with Gasteiger partial charge >= 0.3 is 0 Å². The van der Waals surface area contributed by atoms with Crippen LogP contribution in [0, 0.1) is 17.2 Å². The van der Waals surface area contributed by atoms with E-state index in [0.717, 1.165) is 19.5 Å². The molecule has 0 aromatic heterocycles. The maximum atomic E-state index is 11.3. The van der Waals surface area contributed by atoms with E-state index >= 15 is 0 Å². The summed E-state index contributed by atoms with van der Waals surface area (Å²) >= 11 is 0. The zero-order valence-corrected chi connectivity index (χ0v) is 8.78. The third-order valence-corrected chi connectivity index (χ3v) is 2.55. The smallest absolute Gasteiger partial charge is 0.234 e. The summed E-state index contributed by atoms with van der Waals surface area (Å²) in [6, 6.07) is 1.97. The number of aliphatic hydroxyl groups is 1. The summed E-state index contributed by atoms with van der Waals surface area (Å²) in [5, 5.41) is 19.9. The Morgan fingerprint density at radius 1 is 1.67 bits per heavy atom. The molecule has 5 nitrogen and oxygen atoms in total. The first-order valence-electron chi connectivity index (χ1n) is 5.23. The highest BCUT2D eigenvalue weighted by atomic mass is 16.3. The summed E-state index contributed by atoms with van der Waals surface area (Å²) in [6.07, 6.45) is 1.31. The Bertz CT molecular complexity index is 250. The van der Waals surface area contributed by atoms with Gasteiger partial charge in [0.15, 0.2) is 0 Å². The molecule has 1 heterocycles. The third kappa shape index (κ3) is 4.28. The molecule has 0 bridgehead atoms. The number of rotatable bonds is 5. The van der Waals surface area contributed by atoms with E-state index in [0.29, 0.717) is 25.4 Å². The second-order valence-electron chi connectivity index (χ2n) is 3.83. The van der Waals surface area contributed by atoms with Crippen LogP contribution >= 0.6 is 0 Å². The number of hydrogen-bond donors (Lipinski definition) is 2. The van der Waals surface area contributed by atoms with Gasteiger partial charge in [-0.05, 0) is 18.9 Å². The van der Waals surface area contributed by atoms with Crippen LogP contribution in [0.5, 0.6) is 0 Å². The highest BCUT2D eigenvalue weighted by Gasteiger charge is 2.22. The van der Waals surface area contributed by atoms with Crippen molar-refractivity contribution in [2.45, 2.75) is 12.8 Å². The molecule has 1 unspecified atom stereocenters. The number of nitrogens with one attached hydrogen (secondary N) is 1. The van der Waals surface area contributed by atoms with Crippen molar-refractivity contribution in [2.24, 2.45) is 5.92 Å². The molecule has 84 valence electrons. The normalized spacial score (nSPS) is 21.2. The molecule has 0 saturated carbocycles. The lowest BCUT2D eigenvalue weighted by atomic mass is 10.1. The number of carbonyl (C=O) groups excluding carboxylic acids is 1. The predicted molar refractivity (Wildman–Crippen MR) is 54.9 cm³/mol. The highest BCUT2D eigenvalue weighted by Crippen LogP contribution is 2.14. The molecular formula is C10H17N3O2. The first-order chi connectivity index (χ1) is 7.26. The van der Waals surface area contributed by atoms with Gasteiger partial charge in [0, 0.05) is 19.7 Å². The molecule has 0 radical (unpaired) electrons. The van der Waals surface area contributed by atoms with E-state index in [1.165, 1.54) is 0 Å². The molecule has 1 fully saturated rings. The van der Waals surface area contributed by atoms with Crippen LogP contribution in [0.2, 0.25) is 0 Å². The van der Waals surface area contributed by atoms with Crippen molar-refractivity contribution in [3.63, 3.8) is 0 Å². The van der Waals surface area contributed by atoms with E-state index in [4.69, 9.17) is 10.4 Å². The number of hydrogen-bond acceptors (Lipinski definition) is 4. The van der Waals surface area contributed by atoms with Gasteiger partial charge in [-0.3, -0.25) is 9.69 Å². The fraction of sp³-hybridized carbons (Fsp3) is 0.800. The Morgan fingerprint density at radius 2 is 2.47 bits per heavy atom. The van der Waals surface area contributed by atoms with Crippen LogP contribution in [0.15, 0.2) is 0 Å². The molecule has 5 heteroatoms. The van der Waals surface area contributed by atoms with Gasteiger partial charge in [-0.2, -0.15) is 5.26 Å². The van der Waals surface area contributed by atoms with Gasteiger partial charge in [0.25, 0.3) is 0 Å². The maximum absolute atomic E-state index is 11.3. The Kier molecular flexibility index (Phi) is 5.08. The molecule has 1 amide bonds. The van der Waals surface area contributed by atoms with Crippen molar-refractivity contribution in [2.75, 3.05) is 32.8 Å². The summed E-state index contributed by atoms with van der Waals surface area (Å²) in [4.78, 5) is 13.4. The molecule has 1 saturated heterocycles. The van der Waals surface area contributed by atoms with Crippen molar-refractivity contribution in [1.82, 2.24) is 10.2 Å². The molecule has 1 atom stereocenters. The molecule has 15 heavy (non-hydrogen) atoms. The minimum Gasteiger partial charge on any atom is -0.396 e. The van der Waals surface area contributed by atoms with Crippen LogP contribution in [0.4, 0.5) is 0 Å². The average Bonchev–Trinajstić information content (AvgIpc) is 2.66. The summed E-state index contributed by atoms with van der Waals surface area (Å²) < 4.78 is 0. The standard InChI is InChI=1S/C10H17N3O2/c11-3-1-4-12-10(15)7-13-5-2-9(6-13)8-14/h9,14H,1-2,4-8H2,(H,12,15). The fourth-order valence-corrected chi connectivity index (χ4v) is 1.72. The number of aliphatic hydroxyl groups excluding tert-OH is 1. The molecule has 0 aliphatic carbocycles. The van der Waals surface area contributed by atoms with Gasteiger partial charge in [0.2, 0.25) is 5.91 Å². The summed E-state index contributed by atoms with van der Waals surface area (Å²) in [5.74, 6) is 0.278. The minimum absolute atomic E-state index is 0.0381. The lowest BCUT2D eigenvalue weighted by molar-refractivity contribution is -0.122. The number of likely N-dealkylation sites (tertiary alicyclic amines) is 1. The van der Waals surface area contributed by atoms with Gasteiger partial charge in [-0.15, -0.1) is 0 Å². The number of carbonyl (C=O) groups is 1. The lowest BCUT2D eigenvalue weighted by Gasteiger charge is -2.14. The van der Waals surface area contributed by atoms with Gasteiger partial charge in [0.1, 0.15) is 0 Å². The topological polar surface area (TPSA) is 76.4 Å². The molecule has 0 spiro atoms. The molecule has 2 N–H and O–H groups in total. The van der Waals surface area contributed by atoms with Gasteiger partial charge < -0.3 is 10.4 Å². The van der Waals surface area contributed by atoms with Gasteiger partial charge in [-0.25, -0.2) is 0 Å². The largest absolute Gasteiger partial charge is 0.396 e. The van der Waals surface area contributed by atoms with E-state index in [1.807, 2.05) is 11.0 Å². The van der Waals surface area contributed by atoms with Crippen molar-refractivity contribution < 1.29 is 9.90 Å². The Hall–Kier alpha value is -1.12. The minimum atomic E-state index is -0.0381. The van der Waals surface area contributed by atoms with E-state index < -0.39 is 0 Å². The second kappa shape index (κ2) is 6.38. The van der Waals surface area contributed by atoms with Crippen LogP contribution < -0.4 is 5.32 Å². The van der Waals surface area contributed by atoms with E-state index in [2.05, 4.69) is 5.32 Å². The van der Waals surface area contributed by atoms with Crippen LogP contribution in [-0.2, 0) is 4.79 Å². The highest BCUT2D eigenvalue weighted by molar-refractivity contribution is 5.78. The number of nitrogens with zero attached hydrogens (tertiary/aromatic N) is 2. The summed E-state index contributed by atoms with van der Waals surface area (Å²) in [7, 11) is 0. The van der Waals surface area contributed by atoms with Crippen molar-refractivity contribution in [3.8, 4) is 6.07 Å². The Balaban J connectivity index is 2.13. The first kappa shape index (κ1) is 12.0. The molecular weight excluding hydrogens is 194 g/mol. The third-order valence-electron chi connectivity index (χ3n) is 2.55. The van der Waals surface area contributed by atoms with Crippen molar-refractivity contribution >= 4 is 5.91 Å².